The van der Waals surface area contributed by atoms with Gasteiger partial charge in [0.05, 0.1) is 6.10 Å². The van der Waals surface area contributed by atoms with E-state index in [0.29, 0.717) is 0 Å². The molecule has 70 valence electrons. The summed E-state index contributed by atoms with van der Waals surface area (Å²) in [5, 5.41) is 11.9. The lowest BCUT2D eigenvalue weighted by atomic mass is 10.2. The van der Waals surface area contributed by atoms with Crippen LogP contribution in [0, 0.1) is 0 Å². The molecule has 0 spiro atoms. The summed E-state index contributed by atoms with van der Waals surface area (Å²) < 4.78 is 4.84. The second-order valence-corrected chi connectivity index (χ2v) is 3.13. The number of carbonyl (C=O) groups excluding carboxylic acids is 1. The SMILES string of the molecule is CC(O)COC(=O)[C@@H]1CCCN1. The van der Waals surface area contributed by atoms with E-state index in [1.54, 1.807) is 6.92 Å². The molecule has 0 amide bonds. The number of ether oxygens (including phenoxy) is 1. The summed E-state index contributed by atoms with van der Waals surface area (Å²) in [6.07, 6.45) is 1.29. The topological polar surface area (TPSA) is 58.6 Å². The van der Waals surface area contributed by atoms with Crippen LogP contribution in [0.5, 0.6) is 0 Å². The zero-order chi connectivity index (χ0) is 8.97. The Morgan fingerprint density at radius 3 is 3.08 bits per heavy atom. The Kier molecular flexibility index (Phi) is 3.49. The Labute approximate surface area is 71.9 Å². The standard InChI is InChI=1S/C8H15NO3/c1-6(10)5-12-8(11)7-3-2-4-9-7/h6-7,9-10H,2-5H2,1H3/t6?,7-/m0/s1. The monoisotopic (exact) mass is 173 g/mol. The molecular weight excluding hydrogens is 158 g/mol. The third kappa shape index (κ3) is 2.79. The first-order valence-corrected chi connectivity index (χ1v) is 4.28. The normalized spacial score (nSPS) is 25.3. The molecule has 0 aromatic carbocycles. The number of aliphatic hydroxyl groups is 1. The minimum absolute atomic E-state index is 0.0943. The molecule has 2 N–H and O–H groups in total. The highest BCUT2D eigenvalue weighted by atomic mass is 16.5. The first kappa shape index (κ1) is 9.48. The fourth-order valence-electron chi connectivity index (χ4n) is 1.19. The molecule has 1 rings (SSSR count). The van der Waals surface area contributed by atoms with E-state index in [-0.39, 0.29) is 18.6 Å². The number of hydrogen-bond acceptors (Lipinski definition) is 4. The fraction of sp³-hybridized carbons (Fsp3) is 0.875. The van der Waals surface area contributed by atoms with Crippen LogP contribution in [0.3, 0.4) is 0 Å². The van der Waals surface area contributed by atoms with E-state index in [1.165, 1.54) is 0 Å². The van der Waals surface area contributed by atoms with Crippen molar-refractivity contribution in [2.45, 2.75) is 31.9 Å². The van der Waals surface area contributed by atoms with Crippen LogP contribution in [0.25, 0.3) is 0 Å². The molecule has 4 heteroatoms. The van der Waals surface area contributed by atoms with Crippen molar-refractivity contribution < 1.29 is 14.6 Å². The van der Waals surface area contributed by atoms with E-state index in [2.05, 4.69) is 5.32 Å². The summed E-state index contributed by atoms with van der Waals surface area (Å²) in [6.45, 7) is 2.57. The fourth-order valence-corrected chi connectivity index (χ4v) is 1.19. The summed E-state index contributed by atoms with van der Waals surface area (Å²) in [5.74, 6) is -0.242. The average molecular weight is 173 g/mol. The van der Waals surface area contributed by atoms with E-state index in [4.69, 9.17) is 9.84 Å². The molecule has 2 atom stereocenters. The molecule has 0 bridgehead atoms. The van der Waals surface area contributed by atoms with Gasteiger partial charge < -0.3 is 15.2 Å². The van der Waals surface area contributed by atoms with Crippen molar-refractivity contribution in [3.63, 3.8) is 0 Å². The van der Waals surface area contributed by atoms with Crippen LogP contribution in [0.2, 0.25) is 0 Å². The van der Waals surface area contributed by atoms with Crippen LogP contribution in [0.15, 0.2) is 0 Å². The van der Waals surface area contributed by atoms with Gasteiger partial charge >= 0.3 is 5.97 Å². The van der Waals surface area contributed by atoms with E-state index in [9.17, 15) is 4.79 Å². The quantitative estimate of drug-likeness (QED) is 0.573. The number of rotatable bonds is 3. The van der Waals surface area contributed by atoms with Crippen molar-refractivity contribution in [3.8, 4) is 0 Å². The van der Waals surface area contributed by atoms with Crippen LogP contribution in [0.1, 0.15) is 19.8 Å². The molecule has 0 aromatic heterocycles. The Bertz CT molecular complexity index is 152. The second-order valence-electron chi connectivity index (χ2n) is 3.13. The van der Waals surface area contributed by atoms with Gasteiger partial charge in [-0.25, -0.2) is 0 Å². The molecule has 1 aliphatic heterocycles. The summed E-state index contributed by atoms with van der Waals surface area (Å²) >= 11 is 0. The van der Waals surface area contributed by atoms with Crippen molar-refractivity contribution in [3.05, 3.63) is 0 Å². The predicted molar refractivity (Wildman–Crippen MR) is 43.7 cm³/mol. The van der Waals surface area contributed by atoms with Gasteiger partial charge in [-0.3, -0.25) is 4.79 Å². The third-order valence-electron chi connectivity index (χ3n) is 1.81. The predicted octanol–water partition coefficient (Wildman–Crippen LogP) is -0.338. The van der Waals surface area contributed by atoms with Crippen LogP contribution < -0.4 is 5.32 Å². The van der Waals surface area contributed by atoms with E-state index in [1.807, 2.05) is 0 Å². The summed E-state index contributed by atoms with van der Waals surface area (Å²) in [6, 6.07) is -0.149. The molecule has 4 nitrogen and oxygen atoms in total. The van der Waals surface area contributed by atoms with Gasteiger partial charge in [-0.05, 0) is 26.3 Å². The molecule has 1 fully saturated rings. The van der Waals surface area contributed by atoms with Crippen molar-refractivity contribution in [2.24, 2.45) is 0 Å². The highest BCUT2D eigenvalue weighted by molar-refractivity contribution is 5.76. The van der Waals surface area contributed by atoms with Crippen molar-refractivity contribution >= 4 is 5.97 Å². The number of aliphatic hydroxyl groups excluding tert-OH is 1. The molecule has 1 saturated heterocycles. The van der Waals surface area contributed by atoms with E-state index in [0.717, 1.165) is 19.4 Å². The Balaban J connectivity index is 2.18. The first-order chi connectivity index (χ1) is 5.70. The maximum absolute atomic E-state index is 11.2. The molecule has 0 aromatic rings. The molecule has 1 unspecified atom stereocenters. The average Bonchev–Trinajstić information content (AvgIpc) is 2.51. The molecule has 0 saturated carbocycles. The Hall–Kier alpha value is -0.610. The maximum Gasteiger partial charge on any atom is 0.323 e. The summed E-state index contributed by atoms with van der Waals surface area (Å²) in [5.41, 5.74) is 0. The van der Waals surface area contributed by atoms with Gasteiger partial charge in [0.2, 0.25) is 0 Å². The number of hydrogen-bond donors (Lipinski definition) is 2. The molecule has 0 radical (unpaired) electrons. The third-order valence-corrected chi connectivity index (χ3v) is 1.81. The van der Waals surface area contributed by atoms with Gasteiger partial charge in [0, 0.05) is 0 Å². The number of nitrogens with one attached hydrogen (secondary N) is 1. The van der Waals surface area contributed by atoms with Crippen molar-refractivity contribution in [1.29, 1.82) is 0 Å². The van der Waals surface area contributed by atoms with Gasteiger partial charge in [-0.15, -0.1) is 0 Å². The maximum atomic E-state index is 11.2. The van der Waals surface area contributed by atoms with Gasteiger partial charge in [0.25, 0.3) is 0 Å². The number of esters is 1. The Morgan fingerprint density at radius 2 is 2.58 bits per heavy atom. The van der Waals surface area contributed by atoms with Gasteiger partial charge in [-0.2, -0.15) is 0 Å². The minimum Gasteiger partial charge on any atom is -0.462 e. The smallest absolute Gasteiger partial charge is 0.323 e. The van der Waals surface area contributed by atoms with Gasteiger partial charge in [0.1, 0.15) is 12.6 Å². The number of carbonyl (C=O) groups is 1. The van der Waals surface area contributed by atoms with Crippen molar-refractivity contribution in [2.75, 3.05) is 13.2 Å². The van der Waals surface area contributed by atoms with Crippen LogP contribution in [-0.2, 0) is 9.53 Å². The molecule has 0 aliphatic carbocycles. The molecule has 1 aliphatic rings. The Morgan fingerprint density at radius 1 is 1.83 bits per heavy atom. The second kappa shape index (κ2) is 4.42. The van der Waals surface area contributed by atoms with Crippen molar-refractivity contribution in [1.82, 2.24) is 5.32 Å². The van der Waals surface area contributed by atoms with E-state index >= 15 is 0 Å². The van der Waals surface area contributed by atoms with Gasteiger partial charge in [0.15, 0.2) is 0 Å². The highest BCUT2D eigenvalue weighted by Gasteiger charge is 2.23. The van der Waals surface area contributed by atoms with E-state index < -0.39 is 6.10 Å². The lowest BCUT2D eigenvalue weighted by Crippen LogP contribution is -2.33. The van der Waals surface area contributed by atoms with Crippen LogP contribution in [-0.4, -0.2) is 36.4 Å². The van der Waals surface area contributed by atoms with Gasteiger partial charge in [-0.1, -0.05) is 0 Å². The molecule has 1 heterocycles. The lowest BCUT2D eigenvalue weighted by molar-refractivity contribution is -0.148. The lowest BCUT2D eigenvalue weighted by Gasteiger charge is -2.10. The van der Waals surface area contributed by atoms with Crippen LogP contribution >= 0.6 is 0 Å². The molecular formula is C8H15NO3. The first-order valence-electron chi connectivity index (χ1n) is 4.28. The van der Waals surface area contributed by atoms with Crippen LogP contribution in [0.4, 0.5) is 0 Å². The highest BCUT2D eigenvalue weighted by Crippen LogP contribution is 2.06. The minimum atomic E-state index is -0.574. The summed E-state index contributed by atoms with van der Waals surface area (Å²) in [7, 11) is 0. The zero-order valence-corrected chi connectivity index (χ0v) is 7.25. The summed E-state index contributed by atoms with van der Waals surface area (Å²) in [4.78, 5) is 11.2. The largest absolute Gasteiger partial charge is 0.462 e. The zero-order valence-electron chi connectivity index (χ0n) is 7.25. The molecule has 12 heavy (non-hydrogen) atoms.